The van der Waals surface area contributed by atoms with Crippen LogP contribution >= 0.6 is 92.8 Å². The number of rotatable bonds is 0. The fourth-order valence-electron chi connectivity index (χ4n) is 3.48. The fourth-order valence-corrected chi connectivity index (χ4v) is 6.99. The van der Waals surface area contributed by atoms with E-state index in [9.17, 15) is 0 Å². The Balaban J connectivity index is 2.22. The molecule has 102 valence electrons. The van der Waals surface area contributed by atoms with Crippen molar-refractivity contribution < 1.29 is 0 Å². The lowest BCUT2D eigenvalue weighted by Gasteiger charge is -2.37. The van der Waals surface area contributed by atoms with E-state index in [2.05, 4.69) is 0 Å². The zero-order chi connectivity index (χ0) is 13.7. The van der Waals surface area contributed by atoms with Crippen molar-refractivity contribution >= 4 is 92.8 Å². The van der Waals surface area contributed by atoms with Gasteiger partial charge in [-0.25, -0.2) is 0 Å². The Morgan fingerprint density at radius 3 is 2.06 bits per heavy atom. The topological polar surface area (TPSA) is 0 Å². The monoisotopic (exact) mass is 406 g/mol. The summed E-state index contributed by atoms with van der Waals surface area (Å²) in [6.07, 6.45) is 2.43. The fraction of sp³-hybridized carbons (Fsp3) is 0.800. The summed E-state index contributed by atoms with van der Waals surface area (Å²) in [6, 6.07) is 0. The van der Waals surface area contributed by atoms with Crippen molar-refractivity contribution in [2.45, 2.75) is 24.3 Å². The Labute approximate surface area is 145 Å². The molecule has 2 bridgehead atoms. The maximum Gasteiger partial charge on any atom is 0.184 e. The van der Waals surface area contributed by atoms with Gasteiger partial charge in [-0.1, -0.05) is 87.3 Å². The van der Waals surface area contributed by atoms with Gasteiger partial charge in [0.25, 0.3) is 0 Å². The molecule has 3 rings (SSSR count). The molecule has 0 amide bonds. The molecule has 3 aliphatic carbocycles. The second-order valence-corrected chi connectivity index (χ2v) is 10.2. The third kappa shape index (κ3) is 1.41. The Hall–Kier alpha value is 2.06. The molecular formula is C10H6Cl8. The highest BCUT2D eigenvalue weighted by atomic mass is 35.5. The molecule has 0 aromatic rings. The quantitative estimate of drug-likeness (QED) is 0.438. The third-order valence-electron chi connectivity index (χ3n) is 4.25. The zero-order valence-corrected chi connectivity index (χ0v) is 14.6. The van der Waals surface area contributed by atoms with Gasteiger partial charge in [-0.15, -0.1) is 11.6 Å². The molecule has 0 aromatic heterocycles. The van der Waals surface area contributed by atoms with Crippen molar-refractivity contribution in [3.63, 3.8) is 0 Å². The van der Waals surface area contributed by atoms with E-state index in [1.54, 1.807) is 0 Å². The summed E-state index contributed by atoms with van der Waals surface area (Å²) in [6.45, 7) is 0. The van der Waals surface area contributed by atoms with Crippen LogP contribution in [0.3, 0.4) is 0 Å². The van der Waals surface area contributed by atoms with Crippen molar-refractivity contribution in [3.8, 4) is 0 Å². The van der Waals surface area contributed by atoms with Crippen LogP contribution in [0, 0.1) is 17.8 Å². The van der Waals surface area contributed by atoms with E-state index in [1.165, 1.54) is 0 Å². The summed E-state index contributed by atoms with van der Waals surface area (Å²) < 4.78 is -4.79. The Bertz CT molecular complexity index is 453. The number of fused-ring (bicyclic) bond motifs is 5. The largest absolute Gasteiger partial charge is 0.184 e. The Morgan fingerprint density at radius 1 is 0.944 bits per heavy atom. The molecule has 18 heavy (non-hydrogen) atoms. The SMILES string of the molecule is ClC1=CC2CC1(Cl)C1C2C(Cl)(Cl)C(Cl)(Cl)C1(Cl)Cl. The Kier molecular flexibility index (Phi) is 3.22. The van der Waals surface area contributed by atoms with Crippen molar-refractivity contribution in [1.82, 2.24) is 0 Å². The molecule has 0 aliphatic heterocycles. The van der Waals surface area contributed by atoms with E-state index in [4.69, 9.17) is 92.8 Å². The van der Waals surface area contributed by atoms with Crippen molar-refractivity contribution in [3.05, 3.63) is 11.1 Å². The first-order valence-corrected chi connectivity index (χ1v) is 8.20. The summed E-state index contributed by atoms with van der Waals surface area (Å²) in [5, 5.41) is 0.510. The summed E-state index contributed by atoms with van der Waals surface area (Å²) in [5.41, 5.74) is 0. The molecule has 2 saturated carbocycles. The highest BCUT2D eigenvalue weighted by Gasteiger charge is 2.83. The standard InChI is InChI=1S/C10H6Cl8/c11-4-1-3-2-7(4,12)6-5(3)8(13,14)10(17,18)9(6,15)16/h1,3,5-6H,2H2. The van der Waals surface area contributed by atoms with Crippen LogP contribution in [0.25, 0.3) is 0 Å². The lowest BCUT2D eigenvalue weighted by molar-refractivity contribution is 0.353. The van der Waals surface area contributed by atoms with Crippen LogP contribution in [-0.2, 0) is 0 Å². The lowest BCUT2D eigenvalue weighted by atomic mass is 9.84. The van der Waals surface area contributed by atoms with Gasteiger partial charge in [0.05, 0.1) is 4.87 Å². The molecule has 3 aliphatic rings. The summed E-state index contributed by atoms with van der Waals surface area (Å²) >= 11 is 50.6. The van der Waals surface area contributed by atoms with Gasteiger partial charge in [0.2, 0.25) is 0 Å². The third-order valence-corrected chi connectivity index (χ3v) is 9.48. The van der Waals surface area contributed by atoms with Crippen LogP contribution in [0.1, 0.15) is 6.42 Å². The van der Waals surface area contributed by atoms with Crippen LogP contribution in [0.5, 0.6) is 0 Å². The molecule has 0 radical (unpaired) electrons. The molecule has 0 N–H and O–H groups in total. The number of hydrogen-bond acceptors (Lipinski definition) is 0. The Morgan fingerprint density at radius 2 is 1.50 bits per heavy atom. The molecule has 8 heteroatoms. The molecule has 4 unspecified atom stereocenters. The number of halogens is 8. The van der Waals surface area contributed by atoms with Gasteiger partial charge in [0, 0.05) is 16.9 Å². The first-order valence-electron chi connectivity index (χ1n) is 5.18. The van der Waals surface area contributed by atoms with E-state index < -0.39 is 23.8 Å². The van der Waals surface area contributed by atoms with Gasteiger partial charge in [-0.2, -0.15) is 0 Å². The molecule has 0 aromatic carbocycles. The highest BCUT2D eigenvalue weighted by Crippen LogP contribution is 2.78. The van der Waals surface area contributed by atoms with Crippen molar-refractivity contribution in [2.24, 2.45) is 17.8 Å². The number of alkyl halides is 7. The van der Waals surface area contributed by atoms with Crippen LogP contribution in [-0.4, -0.2) is 17.9 Å². The minimum atomic E-state index is -1.73. The van der Waals surface area contributed by atoms with Gasteiger partial charge < -0.3 is 0 Å². The number of allylic oxidation sites excluding steroid dienone is 2. The maximum atomic E-state index is 6.58. The first kappa shape index (κ1) is 15.0. The first-order chi connectivity index (χ1) is 7.98. The van der Waals surface area contributed by atoms with E-state index >= 15 is 0 Å². The summed E-state index contributed by atoms with van der Waals surface area (Å²) in [4.78, 5) is -0.888. The van der Waals surface area contributed by atoms with Gasteiger partial charge in [-0.3, -0.25) is 0 Å². The summed E-state index contributed by atoms with van der Waals surface area (Å²) in [5.74, 6) is -0.848. The molecular weight excluding hydrogens is 404 g/mol. The molecule has 0 heterocycles. The van der Waals surface area contributed by atoms with Crippen LogP contribution in [0.15, 0.2) is 11.1 Å². The van der Waals surface area contributed by atoms with Gasteiger partial charge in [0.1, 0.15) is 0 Å². The van der Waals surface area contributed by atoms with Crippen LogP contribution in [0.2, 0.25) is 0 Å². The molecule has 0 spiro atoms. The predicted octanol–water partition coefficient (Wildman–Crippen LogP) is 5.89. The minimum absolute atomic E-state index is 0.0220. The summed E-state index contributed by atoms with van der Waals surface area (Å²) in [7, 11) is 0. The zero-order valence-electron chi connectivity index (χ0n) is 8.54. The number of hydrogen-bond donors (Lipinski definition) is 0. The van der Waals surface area contributed by atoms with Gasteiger partial charge in [-0.05, 0) is 12.3 Å². The van der Waals surface area contributed by atoms with Gasteiger partial charge >= 0.3 is 0 Å². The highest BCUT2D eigenvalue weighted by molar-refractivity contribution is 6.71. The van der Waals surface area contributed by atoms with E-state index in [-0.39, 0.29) is 11.8 Å². The second kappa shape index (κ2) is 3.87. The smallest absolute Gasteiger partial charge is 0.113 e. The van der Waals surface area contributed by atoms with Crippen LogP contribution in [0.4, 0.5) is 0 Å². The van der Waals surface area contributed by atoms with Gasteiger partial charge in [0.15, 0.2) is 13.0 Å². The molecule has 0 nitrogen and oxygen atoms in total. The molecule has 0 saturated heterocycles. The second-order valence-electron chi connectivity index (χ2n) is 5.07. The maximum absolute atomic E-state index is 6.58. The average molecular weight is 410 g/mol. The van der Waals surface area contributed by atoms with Crippen LogP contribution < -0.4 is 0 Å². The van der Waals surface area contributed by atoms with E-state index in [1.807, 2.05) is 6.08 Å². The predicted molar refractivity (Wildman–Crippen MR) is 80.9 cm³/mol. The normalized spacial score (nSPS) is 50.2. The van der Waals surface area contributed by atoms with E-state index in [0.29, 0.717) is 11.5 Å². The van der Waals surface area contributed by atoms with Crippen molar-refractivity contribution in [2.75, 3.05) is 0 Å². The average Bonchev–Trinajstić information content (AvgIpc) is 2.69. The minimum Gasteiger partial charge on any atom is -0.113 e. The van der Waals surface area contributed by atoms with E-state index in [0.717, 1.165) is 0 Å². The molecule has 4 atom stereocenters. The van der Waals surface area contributed by atoms with Crippen molar-refractivity contribution in [1.29, 1.82) is 0 Å². The molecule has 2 fully saturated rings. The lowest BCUT2D eigenvalue weighted by Crippen LogP contribution is -2.47.